The van der Waals surface area contributed by atoms with E-state index in [9.17, 15) is 5.11 Å². The molecule has 0 spiro atoms. The minimum Gasteiger partial charge on any atom is -0.389 e. The van der Waals surface area contributed by atoms with E-state index in [0.29, 0.717) is 0 Å². The molecule has 1 aliphatic carbocycles. The van der Waals surface area contributed by atoms with Crippen LogP contribution in [0.5, 0.6) is 0 Å². The molecule has 1 aliphatic heterocycles. The fraction of sp³-hybridized carbons (Fsp3) is 1.00. The first-order chi connectivity index (χ1) is 5.29. The summed E-state index contributed by atoms with van der Waals surface area (Å²) < 4.78 is 0. The highest BCUT2D eigenvalue weighted by atomic mass is 32.2. The topological polar surface area (TPSA) is 20.2 Å². The standard InChI is InChI=1S/C9H16OS/c10-9(5-6-11-7-9)4-3-8-1-2-8/h8,10H,1-7H2. The Morgan fingerprint density at radius 2 is 2.27 bits per heavy atom. The highest BCUT2D eigenvalue weighted by molar-refractivity contribution is 7.99. The van der Waals surface area contributed by atoms with Crippen molar-refractivity contribution in [3.63, 3.8) is 0 Å². The van der Waals surface area contributed by atoms with Crippen LogP contribution in [0.4, 0.5) is 0 Å². The first-order valence-electron chi connectivity index (χ1n) is 4.59. The predicted molar refractivity (Wildman–Crippen MR) is 48.8 cm³/mol. The maximum Gasteiger partial charge on any atom is 0.0745 e. The molecule has 11 heavy (non-hydrogen) atoms. The minimum atomic E-state index is -0.271. The molecular formula is C9H16OS. The lowest BCUT2D eigenvalue weighted by Gasteiger charge is -2.20. The number of aliphatic hydroxyl groups is 1. The minimum absolute atomic E-state index is 0.271. The summed E-state index contributed by atoms with van der Waals surface area (Å²) >= 11 is 1.90. The van der Waals surface area contributed by atoms with Crippen LogP contribution in [0.2, 0.25) is 0 Å². The molecule has 2 aliphatic rings. The van der Waals surface area contributed by atoms with Gasteiger partial charge in [-0.05, 0) is 30.9 Å². The Morgan fingerprint density at radius 1 is 1.45 bits per heavy atom. The van der Waals surface area contributed by atoms with Crippen LogP contribution in [0, 0.1) is 5.92 Å². The normalized spacial score (nSPS) is 37.9. The Labute approximate surface area is 72.6 Å². The molecule has 0 aromatic rings. The summed E-state index contributed by atoms with van der Waals surface area (Å²) in [6.07, 6.45) is 6.21. The van der Waals surface area contributed by atoms with Gasteiger partial charge < -0.3 is 5.11 Å². The number of hydrogen-bond acceptors (Lipinski definition) is 2. The monoisotopic (exact) mass is 172 g/mol. The number of hydrogen-bond donors (Lipinski definition) is 1. The molecule has 1 saturated heterocycles. The third kappa shape index (κ3) is 2.12. The van der Waals surface area contributed by atoms with Gasteiger partial charge in [0.15, 0.2) is 0 Å². The van der Waals surface area contributed by atoms with Crippen LogP contribution in [0.3, 0.4) is 0 Å². The molecule has 0 aromatic carbocycles. The van der Waals surface area contributed by atoms with E-state index in [-0.39, 0.29) is 5.60 Å². The SMILES string of the molecule is OC1(CCC2CC2)CCSC1. The second-order valence-electron chi connectivity index (χ2n) is 4.01. The molecule has 64 valence electrons. The van der Waals surface area contributed by atoms with Crippen molar-refractivity contribution in [2.75, 3.05) is 11.5 Å². The van der Waals surface area contributed by atoms with Crippen LogP contribution < -0.4 is 0 Å². The Balaban J connectivity index is 1.73. The van der Waals surface area contributed by atoms with Gasteiger partial charge in [-0.2, -0.15) is 11.8 Å². The Hall–Kier alpha value is 0.310. The molecule has 2 rings (SSSR count). The van der Waals surface area contributed by atoms with Gasteiger partial charge in [-0.25, -0.2) is 0 Å². The third-order valence-corrected chi connectivity index (χ3v) is 4.03. The first-order valence-corrected chi connectivity index (χ1v) is 5.74. The second kappa shape index (κ2) is 2.98. The van der Waals surface area contributed by atoms with Crippen LogP contribution in [0.1, 0.15) is 32.1 Å². The molecule has 1 atom stereocenters. The lowest BCUT2D eigenvalue weighted by atomic mass is 9.96. The van der Waals surface area contributed by atoms with Crippen LogP contribution >= 0.6 is 11.8 Å². The van der Waals surface area contributed by atoms with Crippen molar-refractivity contribution in [2.45, 2.75) is 37.7 Å². The lowest BCUT2D eigenvalue weighted by molar-refractivity contribution is 0.0552. The Morgan fingerprint density at radius 3 is 2.82 bits per heavy atom. The van der Waals surface area contributed by atoms with Crippen LogP contribution in [-0.4, -0.2) is 22.2 Å². The van der Waals surface area contributed by atoms with Crippen molar-refractivity contribution in [3.05, 3.63) is 0 Å². The zero-order valence-corrected chi connectivity index (χ0v) is 7.70. The van der Waals surface area contributed by atoms with E-state index >= 15 is 0 Å². The predicted octanol–water partition coefficient (Wildman–Crippen LogP) is 2.04. The molecule has 0 radical (unpaired) electrons. The van der Waals surface area contributed by atoms with Crippen molar-refractivity contribution in [2.24, 2.45) is 5.92 Å². The van der Waals surface area contributed by atoms with Crippen molar-refractivity contribution in [1.29, 1.82) is 0 Å². The molecule has 1 unspecified atom stereocenters. The summed E-state index contributed by atoms with van der Waals surface area (Å²) in [5, 5.41) is 9.95. The molecule has 0 aromatic heterocycles. The quantitative estimate of drug-likeness (QED) is 0.703. The van der Waals surface area contributed by atoms with E-state index in [0.717, 1.165) is 24.5 Å². The summed E-state index contributed by atoms with van der Waals surface area (Å²) in [6, 6.07) is 0. The molecule has 1 nitrogen and oxygen atoms in total. The van der Waals surface area contributed by atoms with E-state index < -0.39 is 0 Å². The third-order valence-electron chi connectivity index (χ3n) is 2.80. The summed E-state index contributed by atoms with van der Waals surface area (Å²) in [5.41, 5.74) is -0.271. The zero-order valence-electron chi connectivity index (χ0n) is 6.88. The van der Waals surface area contributed by atoms with E-state index in [1.54, 1.807) is 0 Å². The van der Waals surface area contributed by atoms with E-state index in [2.05, 4.69) is 0 Å². The molecule has 1 saturated carbocycles. The van der Waals surface area contributed by atoms with Gasteiger partial charge in [0.2, 0.25) is 0 Å². The van der Waals surface area contributed by atoms with Crippen LogP contribution in [-0.2, 0) is 0 Å². The molecule has 2 fully saturated rings. The summed E-state index contributed by atoms with van der Waals surface area (Å²) in [6.45, 7) is 0. The molecular weight excluding hydrogens is 156 g/mol. The van der Waals surface area contributed by atoms with Crippen molar-refractivity contribution < 1.29 is 5.11 Å². The fourth-order valence-electron chi connectivity index (χ4n) is 1.67. The maximum absolute atomic E-state index is 9.95. The molecule has 1 N–H and O–H groups in total. The van der Waals surface area contributed by atoms with Gasteiger partial charge in [-0.15, -0.1) is 0 Å². The Bertz CT molecular complexity index is 136. The van der Waals surface area contributed by atoms with Gasteiger partial charge in [-0.3, -0.25) is 0 Å². The van der Waals surface area contributed by atoms with Gasteiger partial charge >= 0.3 is 0 Å². The average Bonchev–Trinajstić information content (AvgIpc) is 2.73. The first kappa shape index (κ1) is 7.93. The van der Waals surface area contributed by atoms with Gasteiger partial charge in [-0.1, -0.05) is 12.8 Å². The summed E-state index contributed by atoms with van der Waals surface area (Å²) in [5.74, 6) is 3.13. The maximum atomic E-state index is 9.95. The number of rotatable bonds is 3. The van der Waals surface area contributed by atoms with Crippen molar-refractivity contribution >= 4 is 11.8 Å². The largest absolute Gasteiger partial charge is 0.389 e. The van der Waals surface area contributed by atoms with E-state index in [1.807, 2.05) is 11.8 Å². The van der Waals surface area contributed by atoms with E-state index in [1.165, 1.54) is 25.0 Å². The lowest BCUT2D eigenvalue weighted by Crippen LogP contribution is -2.27. The fourth-order valence-corrected chi connectivity index (χ4v) is 3.01. The molecule has 0 amide bonds. The van der Waals surface area contributed by atoms with Gasteiger partial charge in [0, 0.05) is 5.75 Å². The number of thioether (sulfide) groups is 1. The Kier molecular flexibility index (Phi) is 2.15. The van der Waals surface area contributed by atoms with Crippen molar-refractivity contribution in [1.82, 2.24) is 0 Å². The highest BCUT2D eigenvalue weighted by Crippen LogP contribution is 2.39. The molecule has 1 heterocycles. The zero-order chi connectivity index (χ0) is 7.73. The van der Waals surface area contributed by atoms with Gasteiger partial charge in [0.05, 0.1) is 5.60 Å². The smallest absolute Gasteiger partial charge is 0.0745 e. The van der Waals surface area contributed by atoms with Crippen molar-refractivity contribution in [3.8, 4) is 0 Å². The summed E-state index contributed by atoms with van der Waals surface area (Å²) in [7, 11) is 0. The van der Waals surface area contributed by atoms with E-state index in [4.69, 9.17) is 0 Å². The van der Waals surface area contributed by atoms with Gasteiger partial charge in [0.25, 0.3) is 0 Å². The second-order valence-corrected chi connectivity index (χ2v) is 5.11. The highest BCUT2D eigenvalue weighted by Gasteiger charge is 2.33. The average molecular weight is 172 g/mol. The van der Waals surface area contributed by atoms with Crippen LogP contribution in [0.25, 0.3) is 0 Å². The molecule has 0 bridgehead atoms. The van der Waals surface area contributed by atoms with Crippen LogP contribution in [0.15, 0.2) is 0 Å². The van der Waals surface area contributed by atoms with Gasteiger partial charge in [0.1, 0.15) is 0 Å². The molecule has 2 heteroatoms. The summed E-state index contributed by atoms with van der Waals surface area (Å²) in [4.78, 5) is 0.